The van der Waals surface area contributed by atoms with Crippen LogP contribution in [-0.4, -0.2) is 18.4 Å². The molecule has 0 bridgehead atoms. The summed E-state index contributed by atoms with van der Waals surface area (Å²) in [6.45, 7) is 3.70. The Labute approximate surface area is 187 Å². The number of hydrogen-bond acceptors (Lipinski definition) is 4. The highest BCUT2D eigenvalue weighted by molar-refractivity contribution is 6.09. The lowest BCUT2D eigenvalue weighted by molar-refractivity contribution is -0.118. The fourth-order valence-corrected chi connectivity index (χ4v) is 2.85. The fourth-order valence-electron chi connectivity index (χ4n) is 2.85. The number of aryl methyl sites for hydroxylation is 2. The van der Waals surface area contributed by atoms with Crippen LogP contribution in [0.25, 0.3) is 6.08 Å². The van der Waals surface area contributed by atoms with Crippen molar-refractivity contribution in [1.29, 1.82) is 5.26 Å². The van der Waals surface area contributed by atoms with E-state index in [9.17, 15) is 14.9 Å². The van der Waals surface area contributed by atoms with Gasteiger partial charge in [0.2, 0.25) is 0 Å². The predicted octanol–water partition coefficient (Wildman–Crippen LogP) is 4.87. The maximum Gasteiger partial charge on any atom is 0.266 e. The van der Waals surface area contributed by atoms with Crippen LogP contribution in [0.4, 0.5) is 11.4 Å². The molecule has 3 rings (SSSR count). The van der Waals surface area contributed by atoms with Crippen molar-refractivity contribution in [3.8, 4) is 11.8 Å². The molecule has 2 N–H and O–H groups in total. The molecule has 0 spiro atoms. The summed E-state index contributed by atoms with van der Waals surface area (Å²) in [4.78, 5) is 24.8. The monoisotopic (exact) mass is 425 g/mol. The van der Waals surface area contributed by atoms with Crippen LogP contribution >= 0.6 is 0 Å². The van der Waals surface area contributed by atoms with Gasteiger partial charge in [-0.15, -0.1) is 0 Å². The summed E-state index contributed by atoms with van der Waals surface area (Å²) in [6, 6.07) is 23.6. The minimum Gasteiger partial charge on any atom is -0.483 e. The summed E-state index contributed by atoms with van der Waals surface area (Å²) in [6.07, 6.45) is 1.44. The van der Waals surface area contributed by atoms with Crippen LogP contribution in [0.3, 0.4) is 0 Å². The van der Waals surface area contributed by atoms with Gasteiger partial charge < -0.3 is 15.4 Å². The van der Waals surface area contributed by atoms with Crippen molar-refractivity contribution in [2.75, 3.05) is 17.2 Å². The van der Waals surface area contributed by atoms with E-state index in [1.54, 1.807) is 36.4 Å². The summed E-state index contributed by atoms with van der Waals surface area (Å²) in [7, 11) is 0. The highest BCUT2D eigenvalue weighted by Gasteiger charge is 2.12. The average Bonchev–Trinajstić information content (AvgIpc) is 2.79. The Morgan fingerprint density at radius 2 is 1.44 bits per heavy atom. The number of carbonyl (C=O) groups excluding carboxylic acids is 2. The van der Waals surface area contributed by atoms with Crippen LogP contribution in [0.1, 0.15) is 16.7 Å². The van der Waals surface area contributed by atoms with Gasteiger partial charge in [-0.2, -0.15) is 5.26 Å². The second-order valence-corrected chi connectivity index (χ2v) is 7.23. The van der Waals surface area contributed by atoms with Gasteiger partial charge in [-0.3, -0.25) is 9.59 Å². The van der Waals surface area contributed by atoms with Crippen molar-refractivity contribution in [1.82, 2.24) is 0 Å². The zero-order chi connectivity index (χ0) is 22.9. The number of benzene rings is 3. The topological polar surface area (TPSA) is 91.2 Å². The Hall–Kier alpha value is -4.37. The molecule has 32 heavy (non-hydrogen) atoms. The second kappa shape index (κ2) is 10.6. The molecular formula is C26H23N3O3. The summed E-state index contributed by atoms with van der Waals surface area (Å²) < 4.78 is 5.65. The SMILES string of the molecule is Cc1ccc(NC(=O)COc2ccccc2/C=C(\C#N)C(=O)Nc2ccc(C)cc2)cc1. The van der Waals surface area contributed by atoms with E-state index in [0.29, 0.717) is 22.7 Å². The molecule has 0 saturated carbocycles. The van der Waals surface area contributed by atoms with E-state index in [0.717, 1.165) is 11.1 Å². The molecule has 0 unspecified atom stereocenters. The lowest BCUT2D eigenvalue weighted by Gasteiger charge is -2.10. The summed E-state index contributed by atoms with van der Waals surface area (Å²) >= 11 is 0. The number of nitriles is 1. The highest BCUT2D eigenvalue weighted by Crippen LogP contribution is 2.22. The van der Waals surface area contributed by atoms with E-state index in [2.05, 4.69) is 10.6 Å². The summed E-state index contributed by atoms with van der Waals surface area (Å²) in [5.41, 5.74) is 3.88. The largest absolute Gasteiger partial charge is 0.483 e. The second-order valence-electron chi connectivity index (χ2n) is 7.23. The minimum absolute atomic E-state index is 0.0780. The Morgan fingerprint density at radius 1 is 0.875 bits per heavy atom. The standard InChI is InChI=1S/C26H23N3O3/c1-18-7-11-22(12-8-18)28-25(30)17-32-24-6-4-3-5-20(24)15-21(16-27)26(31)29-23-13-9-19(2)10-14-23/h3-15H,17H2,1-2H3,(H,28,30)(H,29,31)/b21-15+. The van der Waals surface area contributed by atoms with Crippen molar-refractivity contribution in [3.63, 3.8) is 0 Å². The molecule has 3 aromatic rings. The van der Waals surface area contributed by atoms with Crippen LogP contribution in [0.5, 0.6) is 5.75 Å². The van der Waals surface area contributed by atoms with Gasteiger partial charge in [0.25, 0.3) is 11.8 Å². The maximum absolute atomic E-state index is 12.5. The Balaban J connectivity index is 1.68. The molecule has 6 nitrogen and oxygen atoms in total. The van der Waals surface area contributed by atoms with Crippen molar-refractivity contribution < 1.29 is 14.3 Å². The molecule has 6 heteroatoms. The van der Waals surface area contributed by atoms with Crippen LogP contribution in [0.15, 0.2) is 78.4 Å². The fraction of sp³-hybridized carbons (Fsp3) is 0.115. The predicted molar refractivity (Wildman–Crippen MR) is 125 cm³/mol. The molecular weight excluding hydrogens is 402 g/mol. The number of carbonyl (C=O) groups is 2. The zero-order valence-corrected chi connectivity index (χ0v) is 17.9. The van der Waals surface area contributed by atoms with Crippen molar-refractivity contribution in [3.05, 3.63) is 95.1 Å². The Kier molecular flexibility index (Phi) is 7.39. The van der Waals surface area contributed by atoms with Gasteiger partial charge in [-0.25, -0.2) is 0 Å². The van der Waals surface area contributed by atoms with Gasteiger partial charge in [0.15, 0.2) is 6.61 Å². The lowest BCUT2D eigenvalue weighted by atomic mass is 10.1. The molecule has 0 aliphatic rings. The number of rotatable bonds is 7. The van der Waals surface area contributed by atoms with Gasteiger partial charge >= 0.3 is 0 Å². The molecule has 0 radical (unpaired) electrons. The van der Waals surface area contributed by atoms with Gasteiger partial charge in [-0.1, -0.05) is 53.6 Å². The quantitative estimate of drug-likeness (QED) is 0.417. The molecule has 0 heterocycles. The molecule has 3 aromatic carbocycles. The average molecular weight is 425 g/mol. The zero-order valence-electron chi connectivity index (χ0n) is 17.9. The minimum atomic E-state index is -0.525. The van der Waals surface area contributed by atoms with E-state index >= 15 is 0 Å². The van der Waals surface area contributed by atoms with E-state index in [1.807, 2.05) is 56.3 Å². The third kappa shape index (κ3) is 6.31. The highest BCUT2D eigenvalue weighted by atomic mass is 16.5. The third-order valence-corrected chi connectivity index (χ3v) is 4.59. The lowest BCUT2D eigenvalue weighted by Crippen LogP contribution is -2.20. The van der Waals surface area contributed by atoms with Crippen LogP contribution < -0.4 is 15.4 Å². The first-order valence-electron chi connectivity index (χ1n) is 10.0. The molecule has 2 amide bonds. The van der Waals surface area contributed by atoms with E-state index < -0.39 is 5.91 Å². The van der Waals surface area contributed by atoms with E-state index in [1.165, 1.54) is 6.08 Å². The van der Waals surface area contributed by atoms with Crippen LogP contribution in [0.2, 0.25) is 0 Å². The molecule has 0 atom stereocenters. The number of nitrogens with one attached hydrogen (secondary N) is 2. The molecule has 160 valence electrons. The first kappa shape index (κ1) is 22.3. The van der Waals surface area contributed by atoms with Crippen molar-refractivity contribution in [2.24, 2.45) is 0 Å². The Morgan fingerprint density at radius 3 is 2.03 bits per heavy atom. The van der Waals surface area contributed by atoms with Crippen molar-refractivity contribution in [2.45, 2.75) is 13.8 Å². The van der Waals surface area contributed by atoms with Crippen molar-refractivity contribution >= 4 is 29.3 Å². The van der Waals surface area contributed by atoms with Gasteiger partial charge in [0.1, 0.15) is 17.4 Å². The molecule has 0 saturated heterocycles. The van der Waals surface area contributed by atoms with E-state index in [-0.39, 0.29) is 18.1 Å². The number of anilines is 2. The molecule has 0 aromatic heterocycles. The van der Waals surface area contributed by atoms with Crippen LogP contribution in [-0.2, 0) is 9.59 Å². The van der Waals surface area contributed by atoms with Gasteiger partial charge in [0.05, 0.1) is 0 Å². The number of para-hydroxylation sites is 1. The first-order valence-corrected chi connectivity index (χ1v) is 10.0. The van der Waals surface area contributed by atoms with E-state index in [4.69, 9.17) is 4.74 Å². The Bertz CT molecular complexity index is 1170. The third-order valence-electron chi connectivity index (χ3n) is 4.59. The first-order chi connectivity index (χ1) is 15.4. The summed E-state index contributed by atoms with van der Waals surface area (Å²) in [5, 5.41) is 15.0. The number of amides is 2. The van der Waals surface area contributed by atoms with Gasteiger partial charge in [0, 0.05) is 16.9 Å². The number of hydrogen-bond donors (Lipinski definition) is 2. The summed E-state index contributed by atoms with van der Waals surface area (Å²) in [5.74, 6) is -0.448. The number of nitrogens with zero attached hydrogens (tertiary/aromatic N) is 1. The maximum atomic E-state index is 12.5. The molecule has 0 aliphatic heterocycles. The van der Waals surface area contributed by atoms with Crippen LogP contribution in [0, 0.1) is 25.2 Å². The molecule has 0 fully saturated rings. The van der Waals surface area contributed by atoms with Gasteiger partial charge in [-0.05, 0) is 50.3 Å². The molecule has 0 aliphatic carbocycles. The number of ether oxygens (including phenoxy) is 1. The normalized spacial score (nSPS) is 10.7. The smallest absolute Gasteiger partial charge is 0.266 e.